The van der Waals surface area contributed by atoms with Crippen LogP contribution in [-0.4, -0.2) is 66.8 Å². The van der Waals surface area contributed by atoms with Gasteiger partial charge in [-0.2, -0.15) is 0 Å². The molecule has 2 rings (SSSR count). The molecule has 2 aromatic heterocycles. The first kappa shape index (κ1) is 25.8. The van der Waals surface area contributed by atoms with Gasteiger partial charge in [-0.3, -0.25) is 28.7 Å². The summed E-state index contributed by atoms with van der Waals surface area (Å²) in [5.41, 5.74) is 1.49. The Balaban J connectivity index is 1.87. The number of nitrogens with zero attached hydrogens (tertiary/aromatic N) is 2. The Morgan fingerprint density at radius 3 is 1.38 bits per heavy atom. The standard InChI is InChI=1S/C18H24N4O8P2/c23-17(19-7-1-9-31(25,26)27)13-3-5-15(21-11-13)16-6-4-14(12-22-16)18(24)20-8-2-10-32(28,29)30/h3-6,11-12H,1-2,7-10H2,(H,19,23)(H,20,24)(H2,25,26,27)(H2,28,29,30). The first-order valence-corrected chi connectivity index (χ1v) is 13.1. The number of hydrogen-bond donors (Lipinski definition) is 6. The Bertz CT molecular complexity index is 935. The lowest BCUT2D eigenvalue weighted by atomic mass is 10.1. The van der Waals surface area contributed by atoms with Gasteiger partial charge in [0.05, 0.1) is 34.8 Å². The van der Waals surface area contributed by atoms with Gasteiger partial charge in [0.1, 0.15) is 0 Å². The second-order valence-electron chi connectivity index (χ2n) is 6.86. The Morgan fingerprint density at radius 2 is 1.09 bits per heavy atom. The maximum atomic E-state index is 12.1. The predicted molar refractivity (Wildman–Crippen MR) is 115 cm³/mol. The minimum absolute atomic E-state index is 0.121. The van der Waals surface area contributed by atoms with E-state index in [4.69, 9.17) is 19.6 Å². The van der Waals surface area contributed by atoms with Crippen molar-refractivity contribution < 1.29 is 38.3 Å². The summed E-state index contributed by atoms with van der Waals surface area (Å²) < 4.78 is 21.6. The second-order valence-corrected chi connectivity index (χ2v) is 10.4. The van der Waals surface area contributed by atoms with E-state index in [0.717, 1.165) is 0 Å². The van der Waals surface area contributed by atoms with Crippen LogP contribution < -0.4 is 10.6 Å². The summed E-state index contributed by atoms with van der Waals surface area (Å²) in [5.74, 6) is -0.845. The van der Waals surface area contributed by atoms with Crippen molar-refractivity contribution in [2.75, 3.05) is 25.4 Å². The highest BCUT2D eigenvalue weighted by Crippen LogP contribution is 2.35. The van der Waals surface area contributed by atoms with E-state index >= 15 is 0 Å². The smallest absolute Gasteiger partial charge is 0.325 e. The average Bonchev–Trinajstić information content (AvgIpc) is 2.73. The summed E-state index contributed by atoms with van der Waals surface area (Å²) in [6.07, 6.45) is 2.37. The molecule has 12 nitrogen and oxygen atoms in total. The van der Waals surface area contributed by atoms with Gasteiger partial charge in [0, 0.05) is 25.5 Å². The van der Waals surface area contributed by atoms with Gasteiger partial charge in [0.2, 0.25) is 0 Å². The number of carbonyl (C=O) groups excluding carboxylic acids is 2. The van der Waals surface area contributed by atoms with Gasteiger partial charge >= 0.3 is 15.2 Å². The van der Waals surface area contributed by atoms with Gasteiger partial charge in [-0.05, 0) is 37.1 Å². The fraction of sp³-hybridized carbons (Fsp3) is 0.333. The fourth-order valence-electron chi connectivity index (χ4n) is 2.54. The SMILES string of the molecule is O=C(NCCCP(=O)(O)O)c1ccc(-c2ccc(C(=O)NCCCP(=O)(O)O)cn2)nc1. The Hall–Kier alpha value is -2.46. The molecule has 0 spiro atoms. The Kier molecular flexibility index (Phi) is 9.21. The van der Waals surface area contributed by atoms with E-state index in [1.165, 1.54) is 24.5 Å². The summed E-state index contributed by atoms with van der Waals surface area (Å²) in [6.45, 7) is 0.242. The third kappa shape index (κ3) is 9.35. The first-order valence-electron chi connectivity index (χ1n) is 9.53. The molecule has 14 heteroatoms. The Labute approximate surface area is 183 Å². The van der Waals surface area contributed by atoms with Crippen molar-refractivity contribution in [3.8, 4) is 11.4 Å². The molecule has 32 heavy (non-hydrogen) atoms. The number of rotatable bonds is 11. The monoisotopic (exact) mass is 486 g/mol. The van der Waals surface area contributed by atoms with Crippen molar-refractivity contribution in [2.45, 2.75) is 12.8 Å². The number of aromatic nitrogens is 2. The van der Waals surface area contributed by atoms with E-state index in [1.54, 1.807) is 12.1 Å². The molecule has 0 saturated carbocycles. The van der Waals surface area contributed by atoms with Gasteiger partial charge in [0.25, 0.3) is 11.8 Å². The molecule has 0 aliphatic rings. The van der Waals surface area contributed by atoms with Gasteiger partial charge in [-0.25, -0.2) is 0 Å². The van der Waals surface area contributed by atoms with Crippen molar-refractivity contribution in [1.82, 2.24) is 20.6 Å². The quantitative estimate of drug-likeness (QED) is 0.194. The minimum atomic E-state index is -4.09. The molecule has 0 fully saturated rings. The minimum Gasteiger partial charge on any atom is -0.352 e. The summed E-state index contributed by atoms with van der Waals surface area (Å²) in [6, 6.07) is 6.22. The fourth-order valence-corrected chi connectivity index (χ4v) is 3.68. The molecule has 0 atom stereocenters. The lowest BCUT2D eigenvalue weighted by Crippen LogP contribution is -2.25. The molecule has 0 radical (unpaired) electrons. The molecule has 2 aromatic rings. The predicted octanol–water partition coefficient (Wildman–Crippen LogP) is 0.739. The van der Waals surface area contributed by atoms with Gasteiger partial charge in [0.15, 0.2) is 0 Å². The van der Waals surface area contributed by atoms with Gasteiger partial charge in [-0.1, -0.05) is 0 Å². The third-order valence-corrected chi connectivity index (χ3v) is 5.93. The van der Waals surface area contributed by atoms with Gasteiger partial charge in [-0.15, -0.1) is 0 Å². The zero-order valence-electron chi connectivity index (χ0n) is 16.9. The summed E-state index contributed by atoms with van der Waals surface area (Å²) in [7, 11) is -8.17. The summed E-state index contributed by atoms with van der Waals surface area (Å²) >= 11 is 0. The maximum Gasteiger partial charge on any atom is 0.325 e. The van der Waals surface area contributed by atoms with Crippen LogP contribution in [0.15, 0.2) is 36.7 Å². The van der Waals surface area contributed by atoms with Crippen LogP contribution in [0.5, 0.6) is 0 Å². The van der Waals surface area contributed by atoms with Crippen LogP contribution in [-0.2, 0) is 9.13 Å². The number of hydrogen-bond acceptors (Lipinski definition) is 6. The largest absolute Gasteiger partial charge is 0.352 e. The normalized spacial score (nSPS) is 11.8. The third-order valence-electron chi connectivity index (χ3n) is 4.14. The van der Waals surface area contributed by atoms with Crippen molar-refractivity contribution in [3.63, 3.8) is 0 Å². The van der Waals surface area contributed by atoms with E-state index in [-0.39, 0.29) is 49.4 Å². The molecular formula is C18H24N4O8P2. The van der Waals surface area contributed by atoms with Crippen LogP contribution in [0.1, 0.15) is 33.6 Å². The van der Waals surface area contributed by atoms with Crippen LogP contribution in [0.3, 0.4) is 0 Å². The number of nitrogens with one attached hydrogen (secondary N) is 2. The lowest BCUT2D eigenvalue weighted by molar-refractivity contribution is 0.0945. The first-order chi connectivity index (χ1) is 14.9. The van der Waals surface area contributed by atoms with Crippen LogP contribution in [0, 0.1) is 0 Å². The van der Waals surface area contributed by atoms with Crippen molar-refractivity contribution in [2.24, 2.45) is 0 Å². The summed E-state index contributed by atoms with van der Waals surface area (Å²) in [5, 5.41) is 5.11. The molecule has 2 heterocycles. The molecule has 0 aliphatic heterocycles. The molecule has 0 aromatic carbocycles. The van der Waals surface area contributed by atoms with E-state index in [1.807, 2.05) is 0 Å². The van der Waals surface area contributed by atoms with Crippen LogP contribution in [0.4, 0.5) is 0 Å². The highest BCUT2D eigenvalue weighted by molar-refractivity contribution is 7.52. The maximum absolute atomic E-state index is 12.1. The second kappa shape index (κ2) is 11.4. The lowest BCUT2D eigenvalue weighted by Gasteiger charge is -2.08. The van der Waals surface area contributed by atoms with Crippen LogP contribution in [0.25, 0.3) is 11.4 Å². The highest BCUT2D eigenvalue weighted by Gasteiger charge is 2.14. The van der Waals surface area contributed by atoms with E-state index in [2.05, 4.69) is 20.6 Å². The molecule has 174 valence electrons. The molecule has 0 unspecified atom stereocenters. The van der Waals surface area contributed by atoms with Crippen molar-refractivity contribution in [1.29, 1.82) is 0 Å². The van der Waals surface area contributed by atoms with E-state index in [9.17, 15) is 18.7 Å². The molecule has 0 bridgehead atoms. The molecule has 6 N–H and O–H groups in total. The van der Waals surface area contributed by atoms with Crippen molar-refractivity contribution >= 4 is 27.0 Å². The van der Waals surface area contributed by atoms with E-state index < -0.39 is 27.0 Å². The highest BCUT2D eigenvalue weighted by atomic mass is 31.2. The van der Waals surface area contributed by atoms with Crippen LogP contribution in [0.2, 0.25) is 0 Å². The molecule has 2 amide bonds. The van der Waals surface area contributed by atoms with E-state index in [0.29, 0.717) is 11.4 Å². The van der Waals surface area contributed by atoms with Crippen LogP contribution >= 0.6 is 15.2 Å². The zero-order chi connectivity index (χ0) is 23.8. The molecular weight excluding hydrogens is 462 g/mol. The zero-order valence-corrected chi connectivity index (χ0v) is 18.7. The molecule has 0 saturated heterocycles. The molecule has 0 aliphatic carbocycles. The topological polar surface area (TPSA) is 199 Å². The van der Waals surface area contributed by atoms with Gasteiger partial charge < -0.3 is 30.2 Å². The summed E-state index contributed by atoms with van der Waals surface area (Å²) in [4.78, 5) is 67.6. The average molecular weight is 486 g/mol. The Morgan fingerprint density at radius 1 is 0.719 bits per heavy atom. The number of carbonyl (C=O) groups is 2. The number of amides is 2. The number of pyridine rings is 2. The van der Waals surface area contributed by atoms with Crippen molar-refractivity contribution in [3.05, 3.63) is 47.8 Å².